The number of aliphatic hydroxyl groups is 1. The summed E-state index contributed by atoms with van der Waals surface area (Å²) in [5, 5.41) is 21.2. The number of carboxylic acids is 1. The summed E-state index contributed by atoms with van der Waals surface area (Å²) in [6.45, 7) is 0.845. The Kier molecular flexibility index (Phi) is 3.90. The van der Waals surface area contributed by atoms with E-state index in [9.17, 15) is 14.7 Å². The number of halogens is 1. The summed E-state index contributed by atoms with van der Waals surface area (Å²) in [4.78, 5) is 21.9. The molecule has 0 bridgehead atoms. The van der Waals surface area contributed by atoms with Crippen molar-refractivity contribution in [3.05, 3.63) is 21.3 Å². The monoisotopic (exact) mass is 263 g/mol. The highest BCUT2D eigenvalue weighted by Gasteiger charge is 2.39. The van der Waals surface area contributed by atoms with Crippen molar-refractivity contribution in [1.82, 2.24) is 5.32 Å². The summed E-state index contributed by atoms with van der Waals surface area (Å²) in [7, 11) is 0. The van der Waals surface area contributed by atoms with Crippen LogP contribution in [-0.2, 0) is 15.2 Å². The molecule has 3 N–H and O–H groups in total. The van der Waals surface area contributed by atoms with Gasteiger partial charge in [0.1, 0.15) is 0 Å². The summed E-state index contributed by atoms with van der Waals surface area (Å²) < 4.78 is 0.373. The Morgan fingerprint density at radius 2 is 2.19 bits per heavy atom. The Balaban J connectivity index is 2.97. The van der Waals surface area contributed by atoms with Gasteiger partial charge in [0.2, 0.25) is 11.5 Å². The molecule has 0 radical (unpaired) electrons. The van der Waals surface area contributed by atoms with Crippen molar-refractivity contribution in [2.45, 2.75) is 12.5 Å². The highest BCUT2D eigenvalue weighted by atomic mass is 35.5. The van der Waals surface area contributed by atoms with Crippen molar-refractivity contribution >= 4 is 34.8 Å². The maximum absolute atomic E-state index is 11.0. The lowest BCUT2D eigenvalue weighted by molar-refractivity contribution is -0.159. The van der Waals surface area contributed by atoms with Crippen LogP contribution in [0.5, 0.6) is 0 Å². The van der Waals surface area contributed by atoms with Crippen LogP contribution in [0.1, 0.15) is 11.8 Å². The molecule has 0 aliphatic heterocycles. The molecule has 0 aliphatic carbocycles. The van der Waals surface area contributed by atoms with E-state index in [1.165, 1.54) is 19.1 Å². The number of hydrogen-bond donors (Lipinski definition) is 3. The van der Waals surface area contributed by atoms with Gasteiger partial charge in [0.25, 0.3) is 0 Å². The van der Waals surface area contributed by atoms with E-state index in [2.05, 4.69) is 5.32 Å². The lowest BCUT2D eigenvalue weighted by Crippen LogP contribution is -2.45. The Labute approximate surface area is 101 Å². The summed E-state index contributed by atoms with van der Waals surface area (Å²) in [5.74, 6) is -1.85. The normalized spacial score (nSPS) is 14.2. The fourth-order valence-corrected chi connectivity index (χ4v) is 2.18. The second-order valence-corrected chi connectivity index (χ2v) is 4.89. The average Bonchev–Trinajstić information content (AvgIpc) is 2.61. The second-order valence-electron chi connectivity index (χ2n) is 3.18. The third-order valence-corrected chi connectivity index (χ3v) is 3.31. The van der Waals surface area contributed by atoms with Crippen LogP contribution in [0.15, 0.2) is 12.1 Å². The molecule has 7 heteroatoms. The minimum atomic E-state index is -2.14. The maximum atomic E-state index is 11.0. The van der Waals surface area contributed by atoms with Gasteiger partial charge in [0.15, 0.2) is 0 Å². The molecule has 1 unspecified atom stereocenters. The molecular weight excluding hydrogens is 254 g/mol. The first-order valence-electron chi connectivity index (χ1n) is 4.32. The van der Waals surface area contributed by atoms with Gasteiger partial charge >= 0.3 is 5.97 Å². The smallest absolute Gasteiger partial charge is 0.343 e. The molecule has 0 aromatic carbocycles. The van der Waals surface area contributed by atoms with Crippen LogP contribution in [0.25, 0.3) is 0 Å². The van der Waals surface area contributed by atoms with Gasteiger partial charge in [-0.3, -0.25) is 4.79 Å². The number of nitrogens with one attached hydrogen (secondary N) is 1. The first kappa shape index (κ1) is 13.0. The molecule has 1 atom stereocenters. The van der Waals surface area contributed by atoms with Gasteiger partial charge in [0.05, 0.1) is 15.8 Å². The van der Waals surface area contributed by atoms with Crippen LogP contribution in [0.4, 0.5) is 0 Å². The van der Waals surface area contributed by atoms with Crippen molar-refractivity contribution in [3.8, 4) is 0 Å². The number of amides is 1. The SMILES string of the molecule is CC(=O)NCC(O)(C(=O)O)c1ccc(Cl)s1. The zero-order valence-corrected chi connectivity index (χ0v) is 9.93. The van der Waals surface area contributed by atoms with Gasteiger partial charge < -0.3 is 15.5 Å². The molecule has 0 aliphatic rings. The molecule has 5 nitrogen and oxygen atoms in total. The van der Waals surface area contributed by atoms with E-state index in [1.807, 2.05) is 0 Å². The van der Waals surface area contributed by atoms with E-state index in [0.29, 0.717) is 4.34 Å². The van der Waals surface area contributed by atoms with Crippen molar-refractivity contribution < 1.29 is 19.8 Å². The number of thiophene rings is 1. The Bertz CT molecular complexity index is 419. The van der Waals surface area contributed by atoms with Crippen molar-refractivity contribution in [2.24, 2.45) is 0 Å². The van der Waals surface area contributed by atoms with E-state index in [1.54, 1.807) is 0 Å². The van der Waals surface area contributed by atoms with E-state index in [-0.39, 0.29) is 4.88 Å². The van der Waals surface area contributed by atoms with Crippen molar-refractivity contribution in [2.75, 3.05) is 6.54 Å². The highest BCUT2D eigenvalue weighted by Crippen LogP contribution is 2.31. The minimum Gasteiger partial charge on any atom is -0.479 e. The number of carbonyl (C=O) groups excluding carboxylic acids is 1. The summed E-state index contributed by atoms with van der Waals surface area (Å²) >= 11 is 6.62. The average molecular weight is 264 g/mol. The van der Waals surface area contributed by atoms with Crippen molar-refractivity contribution in [1.29, 1.82) is 0 Å². The van der Waals surface area contributed by atoms with Gasteiger partial charge in [-0.2, -0.15) is 0 Å². The second kappa shape index (κ2) is 4.82. The first-order valence-corrected chi connectivity index (χ1v) is 5.51. The van der Waals surface area contributed by atoms with Crippen LogP contribution >= 0.6 is 22.9 Å². The van der Waals surface area contributed by atoms with E-state index < -0.39 is 24.0 Å². The van der Waals surface area contributed by atoms with Crippen LogP contribution in [-0.4, -0.2) is 28.6 Å². The third kappa shape index (κ3) is 2.72. The standard InChI is InChI=1S/C9H10ClNO4S/c1-5(12)11-4-9(15,8(13)14)6-2-3-7(10)16-6/h2-3,15H,4H2,1H3,(H,11,12)(H,13,14). The Morgan fingerprint density at radius 1 is 1.56 bits per heavy atom. The first-order chi connectivity index (χ1) is 7.36. The third-order valence-electron chi connectivity index (χ3n) is 1.93. The van der Waals surface area contributed by atoms with Gasteiger partial charge in [-0.15, -0.1) is 11.3 Å². The van der Waals surface area contributed by atoms with Gasteiger partial charge in [0, 0.05) is 6.92 Å². The molecule has 0 fully saturated rings. The lowest BCUT2D eigenvalue weighted by Gasteiger charge is -2.21. The molecule has 0 saturated carbocycles. The molecule has 1 rings (SSSR count). The minimum absolute atomic E-state index is 0.179. The zero-order valence-electron chi connectivity index (χ0n) is 8.36. The van der Waals surface area contributed by atoms with Crippen LogP contribution in [0.3, 0.4) is 0 Å². The number of carboxylic acid groups (broad SMARTS) is 1. The van der Waals surface area contributed by atoms with Crippen LogP contribution in [0, 0.1) is 0 Å². The summed E-state index contributed by atoms with van der Waals surface area (Å²) in [5.41, 5.74) is -2.14. The Hall–Kier alpha value is -1.11. The fourth-order valence-electron chi connectivity index (χ4n) is 1.06. The molecule has 0 spiro atoms. The van der Waals surface area contributed by atoms with Crippen LogP contribution in [0.2, 0.25) is 4.34 Å². The van der Waals surface area contributed by atoms with Gasteiger partial charge in [-0.05, 0) is 12.1 Å². The van der Waals surface area contributed by atoms with Crippen molar-refractivity contribution in [3.63, 3.8) is 0 Å². The van der Waals surface area contributed by atoms with E-state index in [0.717, 1.165) is 11.3 Å². The molecule has 1 aromatic rings. The summed E-state index contributed by atoms with van der Waals surface area (Å²) in [6, 6.07) is 2.91. The molecule has 88 valence electrons. The maximum Gasteiger partial charge on any atom is 0.343 e. The molecule has 0 saturated heterocycles. The largest absolute Gasteiger partial charge is 0.479 e. The van der Waals surface area contributed by atoms with Crippen LogP contribution < -0.4 is 5.32 Å². The topological polar surface area (TPSA) is 86.6 Å². The van der Waals surface area contributed by atoms with E-state index in [4.69, 9.17) is 16.7 Å². The molecule has 1 amide bonds. The quantitative estimate of drug-likeness (QED) is 0.750. The number of rotatable bonds is 4. The molecule has 1 heterocycles. The van der Waals surface area contributed by atoms with Gasteiger partial charge in [-0.1, -0.05) is 11.6 Å². The summed E-state index contributed by atoms with van der Waals surface area (Å²) in [6.07, 6.45) is 0. The predicted molar refractivity (Wildman–Crippen MR) is 59.5 cm³/mol. The van der Waals surface area contributed by atoms with E-state index >= 15 is 0 Å². The number of carbonyl (C=O) groups is 2. The van der Waals surface area contributed by atoms with Gasteiger partial charge in [-0.25, -0.2) is 4.79 Å². The fraction of sp³-hybridized carbons (Fsp3) is 0.333. The molecule has 1 aromatic heterocycles. The number of aliphatic carboxylic acids is 1. The molecular formula is C9H10ClNO4S. The molecule has 16 heavy (non-hydrogen) atoms. The zero-order chi connectivity index (χ0) is 12.3. The number of hydrogen-bond acceptors (Lipinski definition) is 4. The highest BCUT2D eigenvalue weighted by molar-refractivity contribution is 7.16. The lowest BCUT2D eigenvalue weighted by atomic mass is 10.0. The Morgan fingerprint density at radius 3 is 2.56 bits per heavy atom. The predicted octanol–water partition coefficient (Wildman–Crippen LogP) is 0.810.